The van der Waals surface area contributed by atoms with E-state index in [9.17, 15) is 18.4 Å². The van der Waals surface area contributed by atoms with Crippen molar-refractivity contribution < 1.29 is 13.6 Å². The van der Waals surface area contributed by atoms with E-state index in [-0.39, 0.29) is 23.9 Å². The summed E-state index contributed by atoms with van der Waals surface area (Å²) in [5.74, 6) is -4.11. The van der Waals surface area contributed by atoms with Crippen LogP contribution in [0.5, 0.6) is 0 Å². The summed E-state index contributed by atoms with van der Waals surface area (Å²) in [6, 6.07) is 9.46. The predicted molar refractivity (Wildman–Crippen MR) is 130 cm³/mol. The number of nitrogens with one attached hydrogen (secondary N) is 2. The second kappa shape index (κ2) is 8.18. The molecule has 1 aromatic carbocycles. The fourth-order valence-electron chi connectivity index (χ4n) is 5.39. The SMILES string of the molecule is CC(F)(F)C(=O)N1CC2CC(C1)c1cc(Nc3nc(-c4cncnc4)cc4cc[nH]c(=O)c34)ccc12. The third-order valence-electron chi connectivity index (χ3n) is 6.95. The number of fused-ring (bicyclic) bond motifs is 6. The number of nitrogens with zero attached hydrogens (tertiary/aromatic N) is 4. The van der Waals surface area contributed by atoms with Crippen LogP contribution >= 0.6 is 0 Å². The highest BCUT2D eigenvalue weighted by molar-refractivity contribution is 5.95. The summed E-state index contributed by atoms with van der Waals surface area (Å²) in [5, 5.41) is 4.42. The highest BCUT2D eigenvalue weighted by Crippen LogP contribution is 2.47. The molecule has 1 saturated heterocycles. The number of likely N-dealkylation sites (tertiary alicyclic amines) is 1. The third kappa shape index (κ3) is 3.78. The van der Waals surface area contributed by atoms with Crippen LogP contribution in [0, 0.1) is 0 Å². The molecule has 10 heteroatoms. The first-order valence-corrected chi connectivity index (χ1v) is 11.6. The van der Waals surface area contributed by atoms with E-state index in [2.05, 4.69) is 20.3 Å². The molecule has 2 atom stereocenters. The van der Waals surface area contributed by atoms with E-state index >= 15 is 0 Å². The molecule has 4 heterocycles. The van der Waals surface area contributed by atoms with E-state index in [0.29, 0.717) is 41.3 Å². The van der Waals surface area contributed by atoms with Gasteiger partial charge in [-0.1, -0.05) is 6.07 Å². The van der Waals surface area contributed by atoms with Crippen molar-refractivity contribution in [2.45, 2.75) is 31.1 Å². The van der Waals surface area contributed by atoms with E-state index in [1.807, 2.05) is 24.3 Å². The number of carbonyl (C=O) groups excluding carboxylic acids is 1. The molecule has 2 bridgehead atoms. The number of anilines is 2. The molecule has 1 fully saturated rings. The molecular formula is C26H22F2N6O2. The summed E-state index contributed by atoms with van der Waals surface area (Å²) in [7, 11) is 0. The minimum atomic E-state index is -3.38. The zero-order valence-corrected chi connectivity index (χ0v) is 19.3. The van der Waals surface area contributed by atoms with Gasteiger partial charge in [-0.15, -0.1) is 0 Å². The number of benzene rings is 1. The number of H-pyrrole nitrogens is 1. The van der Waals surface area contributed by atoms with Crippen molar-refractivity contribution in [2.75, 3.05) is 18.4 Å². The number of alkyl halides is 2. The summed E-state index contributed by atoms with van der Waals surface area (Å²) in [4.78, 5) is 41.7. The fraction of sp³-hybridized carbons (Fsp3) is 0.269. The highest BCUT2D eigenvalue weighted by atomic mass is 19.3. The smallest absolute Gasteiger partial charge is 0.322 e. The Balaban J connectivity index is 1.37. The van der Waals surface area contributed by atoms with E-state index in [0.717, 1.165) is 23.2 Å². The lowest BCUT2D eigenvalue weighted by atomic mass is 9.95. The Morgan fingerprint density at radius 2 is 1.86 bits per heavy atom. The first kappa shape index (κ1) is 22.3. The van der Waals surface area contributed by atoms with Gasteiger partial charge in [0.05, 0.1) is 11.1 Å². The number of pyridine rings is 2. The number of carbonyl (C=O) groups is 1. The van der Waals surface area contributed by atoms with E-state index < -0.39 is 11.8 Å². The molecule has 0 spiro atoms. The number of aromatic nitrogens is 4. The van der Waals surface area contributed by atoms with Crippen LogP contribution in [0.1, 0.15) is 36.3 Å². The molecule has 2 N–H and O–H groups in total. The second-order valence-electron chi connectivity index (χ2n) is 9.45. The first-order chi connectivity index (χ1) is 17.3. The number of halogens is 2. The monoisotopic (exact) mass is 488 g/mol. The molecule has 2 unspecified atom stereocenters. The summed E-state index contributed by atoms with van der Waals surface area (Å²) in [6.45, 7) is 1.20. The van der Waals surface area contributed by atoms with Crippen LogP contribution in [-0.4, -0.2) is 49.8 Å². The van der Waals surface area contributed by atoms with Gasteiger partial charge in [0.15, 0.2) is 0 Å². The maximum absolute atomic E-state index is 13.7. The molecule has 36 heavy (non-hydrogen) atoms. The van der Waals surface area contributed by atoms with Crippen LogP contribution in [0.2, 0.25) is 0 Å². The molecular weight excluding hydrogens is 466 g/mol. The van der Waals surface area contributed by atoms with Gasteiger partial charge in [-0.25, -0.2) is 15.0 Å². The third-order valence-corrected chi connectivity index (χ3v) is 6.95. The lowest BCUT2D eigenvalue weighted by Crippen LogP contribution is -2.46. The van der Waals surface area contributed by atoms with Crippen LogP contribution < -0.4 is 10.9 Å². The van der Waals surface area contributed by atoms with Crippen molar-refractivity contribution in [3.8, 4) is 11.3 Å². The predicted octanol–water partition coefficient (Wildman–Crippen LogP) is 4.19. The molecule has 1 amide bonds. The first-order valence-electron chi connectivity index (χ1n) is 11.6. The molecule has 2 aliphatic rings. The van der Waals surface area contributed by atoms with E-state index in [1.54, 1.807) is 24.7 Å². The number of hydrogen-bond acceptors (Lipinski definition) is 6. The molecule has 8 nitrogen and oxygen atoms in total. The van der Waals surface area contributed by atoms with Crippen molar-refractivity contribution in [2.24, 2.45) is 0 Å². The van der Waals surface area contributed by atoms with Gasteiger partial charge in [0.25, 0.3) is 11.5 Å². The van der Waals surface area contributed by atoms with Gasteiger partial charge in [-0.05, 0) is 47.2 Å². The van der Waals surface area contributed by atoms with Gasteiger partial charge < -0.3 is 15.2 Å². The largest absolute Gasteiger partial charge is 0.340 e. The lowest BCUT2D eigenvalue weighted by molar-refractivity contribution is -0.156. The maximum atomic E-state index is 13.7. The van der Waals surface area contributed by atoms with Crippen LogP contribution in [0.25, 0.3) is 22.0 Å². The quantitative estimate of drug-likeness (QED) is 0.447. The Hall–Kier alpha value is -4.21. The van der Waals surface area contributed by atoms with Gasteiger partial charge in [-0.3, -0.25) is 9.59 Å². The standard InChI is InChI=1S/C26H22F2N6O2/c1-26(27,28)25(36)34-11-15-6-16(12-34)20-8-18(2-3-19(15)20)32-23-22-14(4-5-31-24(22)35)7-21(33-23)17-9-29-13-30-10-17/h2-5,7-10,13,15-16H,6,11-12H2,1H3,(H,31,35)(H,32,33). The minimum Gasteiger partial charge on any atom is -0.340 e. The summed E-state index contributed by atoms with van der Waals surface area (Å²) < 4.78 is 27.4. The zero-order chi connectivity index (χ0) is 25.0. The van der Waals surface area contributed by atoms with Gasteiger partial charge >= 0.3 is 5.92 Å². The van der Waals surface area contributed by atoms with E-state index in [1.165, 1.54) is 11.2 Å². The van der Waals surface area contributed by atoms with E-state index in [4.69, 9.17) is 4.98 Å². The molecule has 1 aliphatic carbocycles. The molecule has 3 aromatic heterocycles. The highest BCUT2D eigenvalue weighted by Gasteiger charge is 2.44. The average Bonchev–Trinajstić information content (AvgIpc) is 3.12. The number of hydrogen-bond donors (Lipinski definition) is 2. The van der Waals surface area contributed by atoms with Crippen molar-refractivity contribution >= 4 is 28.2 Å². The van der Waals surface area contributed by atoms with Gasteiger partial charge in [0.1, 0.15) is 12.1 Å². The van der Waals surface area contributed by atoms with Gasteiger partial charge in [0, 0.05) is 61.7 Å². The fourth-order valence-corrected chi connectivity index (χ4v) is 5.39. The second-order valence-corrected chi connectivity index (χ2v) is 9.45. The van der Waals surface area contributed by atoms with Gasteiger partial charge in [0.2, 0.25) is 0 Å². The summed E-state index contributed by atoms with van der Waals surface area (Å²) in [5.41, 5.74) is 3.88. The van der Waals surface area contributed by atoms with Crippen molar-refractivity contribution in [3.05, 3.63) is 76.7 Å². The van der Waals surface area contributed by atoms with Crippen molar-refractivity contribution in [1.82, 2.24) is 24.8 Å². The lowest BCUT2D eigenvalue weighted by Gasteiger charge is -2.33. The van der Waals surface area contributed by atoms with Crippen molar-refractivity contribution in [3.63, 3.8) is 0 Å². The topological polar surface area (TPSA) is 104 Å². The van der Waals surface area contributed by atoms with Gasteiger partial charge in [-0.2, -0.15) is 8.78 Å². The molecule has 1 aliphatic heterocycles. The molecule has 0 radical (unpaired) electrons. The van der Waals surface area contributed by atoms with Crippen LogP contribution in [0.3, 0.4) is 0 Å². The maximum Gasteiger partial charge on any atom is 0.322 e. The number of amides is 1. The minimum absolute atomic E-state index is 0.0206. The Kier molecular flexibility index (Phi) is 5.06. The van der Waals surface area contributed by atoms with Crippen LogP contribution in [-0.2, 0) is 4.79 Å². The Labute approximate surface area is 204 Å². The van der Waals surface area contributed by atoms with Crippen LogP contribution in [0.4, 0.5) is 20.3 Å². The Bertz CT molecular complexity index is 1550. The van der Waals surface area contributed by atoms with Crippen molar-refractivity contribution in [1.29, 1.82) is 0 Å². The average molecular weight is 488 g/mol. The van der Waals surface area contributed by atoms with Crippen LogP contribution in [0.15, 0.2) is 60.0 Å². The summed E-state index contributed by atoms with van der Waals surface area (Å²) in [6.07, 6.45) is 7.15. The Morgan fingerprint density at radius 1 is 1.11 bits per heavy atom. The Morgan fingerprint density at radius 3 is 2.61 bits per heavy atom. The zero-order valence-electron chi connectivity index (χ0n) is 19.3. The molecule has 182 valence electrons. The normalized spacial score (nSPS) is 18.8. The molecule has 0 saturated carbocycles. The number of rotatable bonds is 4. The summed E-state index contributed by atoms with van der Waals surface area (Å²) >= 11 is 0. The molecule has 6 rings (SSSR count). The molecule has 4 aromatic rings. The number of piperidine rings is 1. The number of aromatic amines is 1.